The average molecular weight is 570 g/mol. The molecule has 0 heterocycles. The monoisotopic (exact) mass is 569 g/mol. The Kier molecular flexibility index (Phi) is 8.95. The number of terminal acetylenes is 1. The Morgan fingerprint density at radius 1 is 1.31 bits per heavy atom. The van der Waals surface area contributed by atoms with Gasteiger partial charge >= 0.3 is 0 Å². The van der Waals surface area contributed by atoms with Gasteiger partial charge in [-0.1, -0.05) is 18.1 Å². The third-order valence-electron chi connectivity index (χ3n) is 3.42. The summed E-state index contributed by atoms with van der Waals surface area (Å²) in [5.41, 5.74) is 3.59. The molecule has 150 valence electrons. The molecule has 0 radical (unpaired) electrons. The van der Waals surface area contributed by atoms with Crippen LogP contribution >= 0.6 is 38.5 Å². The molecule has 0 atom stereocenters. The predicted molar refractivity (Wildman–Crippen MR) is 123 cm³/mol. The maximum atomic E-state index is 12.0. The molecule has 9 heteroatoms. The summed E-state index contributed by atoms with van der Waals surface area (Å²) < 4.78 is 12.3. The quantitative estimate of drug-likeness (QED) is 0.167. The van der Waals surface area contributed by atoms with Crippen LogP contribution in [-0.2, 0) is 9.59 Å². The van der Waals surface area contributed by atoms with E-state index in [0.717, 1.165) is 8.04 Å². The molecule has 0 saturated heterocycles. The minimum atomic E-state index is -0.540. The average Bonchev–Trinajstić information content (AvgIpc) is 2.68. The van der Waals surface area contributed by atoms with Crippen molar-refractivity contribution in [3.8, 4) is 23.8 Å². The van der Waals surface area contributed by atoms with Gasteiger partial charge in [0.2, 0.25) is 11.8 Å². The number of hydrogen-bond acceptors (Lipinski definition) is 5. The van der Waals surface area contributed by atoms with Gasteiger partial charge < -0.3 is 14.8 Å². The summed E-state index contributed by atoms with van der Waals surface area (Å²) in [7, 11) is 1.51. The van der Waals surface area contributed by atoms with Crippen molar-refractivity contribution in [2.75, 3.05) is 19.0 Å². The summed E-state index contributed by atoms with van der Waals surface area (Å²) in [6.07, 6.45) is 6.30. The number of nitrogens with zero attached hydrogens (tertiary/aromatic N) is 1. The first kappa shape index (κ1) is 22.7. The van der Waals surface area contributed by atoms with E-state index in [4.69, 9.17) is 15.9 Å². The van der Waals surface area contributed by atoms with Crippen LogP contribution in [0.15, 0.2) is 46.0 Å². The highest BCUT2D eigenvalue weighted by molar-refractivity contribution is 14.1. The van der Waals surface area contributed by atoms with Crippen LogP contribution in [-0.4, -0.2) is 31.7 Å². The van der Waals surface area contributed by atoms with Crippen molar-refractivity contribution in [2.24, 2.45) is 5.10 Å². The van der Waals surface area contributed by atoms with E-state index in [1.165, 1.54) is 13.3 Å². The van der Waals surface area contributed by atoms with Crippen LogP contribution in [0.1, 0.15) is 12.0 Å². The second kappa shape index (κ2) is 11.4. The van der Waals surface area contributed by atoms with Crippen molar-refractivity contribution in [3.05, 3.63) is 50.0 Å². The largest absolute Gasteiger partial charge is 0.493 e. The number of benzene rings is 2. The van der Waals surface area contributed by atoms with E-state index in [0.29, 0.717) is 22.7 Å². The Bertz CT molecular complexity index is 973. The Balaban J connectivity index is 1.94. The van der Waals surface area contributed by atoms with Crippen molar-refractivity contribution < 1.29 is 19.1 Å². The van der Waals surface area contributed by atoms with Gasteiger partial charge in [-0.05, 0) is 68.3 Å². The molecule has 0 aliphatic rings. The van der Waals surface area contributed by atoms with Crippen molar-refractivity contribution in [3.63, 3.8) is 0 Å². The topological polar surface area (TPSA) is 89.0 Å². The zero-order valence-electron chi connectivity index (χ0n) is 15.4. The van der Waals surface area contributed by atoms with Gasteiger partial charge in [0.25, 0.3) is 0 Å². The van der Waals surface area contributed by atoms with Crippen molar-refractivity contribution in [1.29, 1.82) is 0 Å². The summed E-state index contributed by atoms with van der Waals surface area (Å²) in [4.78, 5) is 23.9. The van der Waals surface area contributed by atoms with E-state index in [1.807, 2.05) is 6.07 Å². The number of hydrazone groups is 1. The SMILES string of the molecule is C#CCOc1c(I)cc(C=NNC(=O)CC(=O)Nc2ccccc2Br)cc1OC. The molecule has 0 saturated carbocycles. The molecule has 0 aliphatic heterocycles. The number of carbonyl (C=O) groups is 2. The lowest BCUT2D eigenvalue weighted by Crippen LogP contribution is -2.24. The van der Waals surface area contributed by atoms with Gasteiger partial charge in [-0.3, -0.25) is 9.59 Å². The van der Waals surface area contributed by atoms with Gasteiger partial charge in [-0.2, -0.15) is 5.10 Å². The fourth-order valence-corrected chi connectivity index (χ4v) is 3.35. The predicted octanol–water partition coefficient (Wildman–Crippen LogP) is 3.55. The van der Waals surface area contributed by atoms with Gasteiger partial charge in [0.15, 0.2) is 11.5 Å². The molecule has 2 aromatic carbocycles. The van der Waals surface area contributed by atoms with Gasteiger partial charge in [-0.15, -0.1) is 6.42 Å². The first-order chi connectivity index (χ1) is 13.9. The number of anilines is 1. The summed E-state index contributed by atoms with van der Waals surface area (Å²) in [5.74, 6) is 2.44. The molecule has 0 unspecified atom stereocenters. The highest BCUT2D eigenvalue weighted by Crippen LogP contribution is 2.33. The van der Waals surface area contributed by atoms with Crippen molar-refractivity contribution in [2.45, 2.75) is 6.42 Å². The first-order valence-electron chi connectivity index (χ1n) is 8.24. The molecular formula is C20H17BrIN3O4. The number of nitrogens with one attached hydrogen (secondary N) is 2. The molecule has 7 nitrogen and oxygen atoms in total. The van der Waals surface area contributed by atoms with E-state index in [9.17, 15) is 9.59 Å². The molecule has 0 fully saturated rings. The molecular weight excluding hydrogens is 553 g/mol. The Morgan fingerprint density at radius 2 is 2.07 bits per heavy atom. The van der Waals surface area contributed by atoms with Crippen molar-refractivity contribution >= 4 is 62.2 Å². The Labute approximate surface area is 190 Å². The lowest BCUT2D eigenvalue weighted by atomic mass is 10.2. The van der Waals surface area contributed by atoms with Crippen LogP contribution in [0, 0.1) is 15.9 Å². The molecule has 2 amide bonds. The van der Waals surface area contributed by atoms with Crippen LogP contribution in [0.2, 0.25) is 0 Å². The van der Waals surface area contributed by atoms with Gasteiger partial charge in [-0.25, -0.2) is 5.43 Å². The molecule has 2 aromatic rings. The van der Waals surface area contributed by atoms with Crippen LogP contribution in [0.3, 0.4) is 0 Å². The number of hydrogen-bond donors (Lipinski definition) is 2. The molecule has 0 spiro atoms. The number of ether oxygens (including phenoxy) is 2. The van der Waals surface area contributed by atoms with E-state index in [1.54, 1.807) is 30.3 Å². The fourth-order valence-electron chi connectivity index (χ4n) is 2.19. The zero-order chi connectivity index (χ0) is 21.2. The summed E-state index contributed by atoms with van der Waals surface area (Å²) in [6.45, 7) is 0.122. The third-order valence-corrected chi connectivity index (χ3v) is 4.92. The maximum absolute atomic E-state index is 12.0. The van der Waals surface area contributed by atoms with Gasteiger partial charge in [0, 0.05) is 4.47 Å². The summed E-state index contributed by atoms with van der Waals surface area (Å²) in [5, 5.41) is 6.53. The maximum Gasteiger partial charge on any atom is 0.249 e. The number of amides is 2. The Hall–Kier alpha value is -2.58. The number of para-hydroxylation sites is 1. The normalized spacial score (nSPS) is 10.3. The summed E-state index contributed by atoms with van der Waals surface area (Å²) >= 11 is 5.42. The molecule has 0 aromatic heterocycles. The number of rotatable bonds is 8. The molecule has 2 rings (SSSR count). The minimum Gasteiger partial charge on any atom is -0.493 e. The molecule has 2 N–H and O–H groups in total. The molecule has 29 heavy (non-hydrogen) atoms. The lowest BCUT2D eigenvalue weighted by Gasteiger charge is -2.11. The second-order valence-corrected chi connectivity index (χ2v) is 7.54. The molecule has 0 aliphatic carbocycles. The number of halogens is 2. The summed E-state index contributed by atoms with van der Waals surface area (Å²) in [6, 6.07) is 10.6. The van der Waals surface area contributed by atoms with Crippen LogP contribution in [0.5, 0.6) is 11.5 Å². The Morgan fingerprint density at radius 3 is 2.76 bits per heavy atom. The van der Waals surface area contributed by atoms with E-state index in [-0.39, 0.29) is 13.0 Å². The van der Waals surface area contributed by atoms with Crippen LogP contribution < -0.4 is 20.2 Å². The number of methoxy groups -OCH3 is 1. The smallest absolute Gasteiger partial charge is 0.249 e. The minimum absolute atomic E-state index is 0.122. The second-order valence-electron chi connectivity index (χ2n) is 5.52. The van der Waals surface area contributed by atoms with E-state index in [2.05, 4.69) is 60.3 Å². The third kappa shape index (κ3) is 7.07. The van der Waals surface area contributed by atoms with Gasteiger partial charge in [0.05, 0.1) is 22.6 Å². The van der Waals surface area contributed by atoms with E-state index < -0.39 is 11.8 Å². The highest BCUT2D eigenvalue weighted by Gasteiger charge is 2.12. The van der Waals surface area contributed by atoms with Crippen molar-refractivity contribution in [1.82, 2.24) is 5.43 Å². The highest BCUT2D eigenvalue weighted by atomic mass is 127. The van der Waals surface area contributed by atoms with Crippen LogP contribution in [0.25, 0.3) is 0 Å². The lowest BCUT2D eigenvalue weighted by molar-refractivity contribution is -0.126. The standard InChI is InChI=1S/C20H17BrIN3O4/c1-3-8-29-20-15(22)9-13(10-17(20)28-2)12-23-25-19(27)11-18(26)24-16-7-5-4-6-14(16)21/h1,4-7,9-10,12H,8,11H2,2H3,(H,24,26)(H,25,27). The van der Waals surface area contributed by atoms with Gasteiger partial charge in [0.1, 0.15) is 13.0 Å². The number of carbonyl (C=O) groups excluding carboxylic acids is 2. The fraction of sp³-hybridized carbons (Fsp3) is 0.150. The van der Waals surface area contributed by atoms with E-state index >= 15 is 0 Å². The molecule has 0 bridgehead atoms. The zero-order valence-corrected chi connectivity index (χ0v) is 19.1. The first-order valence-corrected chi connectivity index (χ1v) is 10.1. The van der Waals surface area contributed by atoms with Crippen LogP contribution in [0.4, 0.5) is 5.69 Å².